The van der Waals surface area contributed by atoms with Crippen molar-refractivity contribution in [1.82, 2.24) is 10.2 Å². The van der Waals surface area contributed by atoms with E-state index in [1.807, 2.05) is 0 Å². The van der Waals surface area contributed by atoms with Gasteiger partial charge in [-0.2, -0.15) is 0 Å². The second kappa shape index (κ2) is 10.3. The monoisotopic (exact) mass is 465 g/mol. The van der Waals surface area contributed by atoms with E-state index in [9.17, 15) is 0 Å². The summed E-state index contributed by atoms with van der Waals surface area (Å²) in [6.45, 7) is 10.9. The molecular formula is C19H36IN3O2. The van der Waals surface area contributed by atoms with Crippen LogP contribution in [-0.4, -0.2) is 63.0 Å². The molecule has 0 bridgehead atoms. The molecule has 1 aliphatic carbocycles. The van der Waals surface area contributed by atoms with Gasteiger partial charge in [0.15, 0.2) is 5.96 Å². The van der Waals surface area contributed by atoms with E-state index >= 15 is 0 Å². The van der Waals surface area contributed by atoms with Gasteiger partial charge >= 0.3 is 0 Å². The highest BCUT2D eigenvalue weighted by molar-refractivity contribution is 14.0. The van der Waals surface area contributed by atoms with E-state index < -0.39 is 0 Å². The molecule has 2 heterocycles. The van der Waals surface area contributed by atoms with Crippen LogP contribution >= 0.6 is 24.0 Å². The van der Waals surface area contributed by atoms with Gasteiger partial charge in [-0.3, -0.25) is 4.99 Å². The first-order valence-corrected chi connectivity index (χ1v) is 9.95. The fourth-order valence-corrected chi connectivity index (χ4v) is 4.40. The largest absolute Gasteiger partial charge is 0.381 e. The fraction of sp³-hybridized carbons (Fsp3) is 0.947. The zero-order valence-electron chi connectivity index (χ0n) is 16.0. The van der Waals surface area contributed by atoms with Gasteiger partial charge in [0.1, 0.15) is 0 Å². The summed E-state index contributed by atoms with van der Waals surface area (Å²) < 4.78 is 11.7. The molecule has 5 nitrogen and oxygen atoms in total. The Balaban J connectivity index is 0.00000225. The molecule has 3 unspecified atom stereocenters. The number of rotatable bonds is 5. The minimum Gasteiger partial charge on any atom is -0.381 e. The molecular weight excluding hydrogens is 429 g/mol. The fourth-order valence-electron chi connectivity index (χ4n) is 4.40. The summed E-state index contributed by atoms with van der Waals surface area (Å²) in [6.07, 6.45) is 8.10. The third-order valence-electron chi connectivity index (χ3n) is 5.98. The maximum atomic E-state index is 6.11. The van der Waals surface area contributed by atoms with Gasteiger partial charge in [0.2, 0.25) is 0 Å². The average Bonchev–Trinajstić information content (AvgIpc) is 3.22. The molecule has 3 rings (SSSR count). The number of nitrogens with zero attached hydrogens (tertiary/aromatic N) is 2. The summed E-state index contributed by atoms with van der Waals surface area (Å²) in [5.74, 6) is 1.76. The third-order valence-corrected chi connectivity index (χ3v) is 5.98. The van der Waals surface area contributed by atoms with Crippen molar-refractivity contribution >= 4 is 29.9 Å². The van der Waals surface area contributed by atoms with E-state index in [0.717, 1.165) is 52.0 Å². The average molecular weight is 465 g/mol. The van der Waals surface area contributed by atoms with Crippen molar-refractivity contribution in [2.75, 3.05) is 46.0 Å². The predicted molar refractivity (Wildman–Crippen MR) is 113 cm³/mol. The number of aliphatic imine (C=N–C) groups is 1. The lowest BCUT2D eigenvalue weighted by Gasteiger charge is -2.28. The van der Waals surface area contributed by atoms with Gasteiger partial charge in [0.25, 0.3) is 0 Å². The third kappa shape index (κ3) is 5.70. The van der Waals surface area contributed by atoms with Crippen molar-refractivity contribution in [2.45, 2.75) is 58.5 Å². The summed E-state index contributed by atoms with van der Waals surface area (Å²) in [5, 5.41) is 3.46. The molecule has 2 aliphatic heterocycles. The molecule has 3 fully saturated rings. The van der Waals surface area contributed by atoms with E-state index in [1.165, 1.54) is 38.5 Å². The van der Waals surface area contributed by atoms with Gasteiger partial charge in [-0.1, -0.05) is 19.8 Å². The minimum atomic E-state index is 0. The summed E-state index contributed by atoms with van der Waals surface area (Å²) in [6, 6.07) is 0. The Hall–Kier alpha value is -0.0800. The SMILES string of the molecule is CCNC(=NCCOC1CCCCC1C)N1CCC2(CCOC2)C1.I. The van der Waals surface area contributed by atoms with Crippen molar-refractivity contribution in [3.05, 3.63) is 0 Å². The zero-order chi connectivity index (χ0) is 16.8. The minimum absolute atomic E-state index is 0. The van der Waals surface area contributed by atoms with Gasteiger partial charge in [-0.25, -0.2) is 0 Å². The van der Waals surface area contributed by atoms with Gasteiger partial charge in [0.05, 0.1) is 25.9 Å². The van der Waals surface area contributed by atoms with Crippen LogP contribution in [0.1, 0.15) is 52.4 Å². The second-order valence-corrected chi connectivity index (χ2v) is 7.88. The van der Waals surface area contributed by atoms with Crippen molar-refractivity contribution < 1.29 is 9.47 Å². The van der Waals surface area contributed by atoms with Crippen LogP contribution in [0.25, 0.3) is 0 Å². The lowest BCUT2D eigenvalue weighted by molar-refractivity contribution is -0.000715. The zero-order valence-corrected chi connectivity index (χ0v) is 18.3. The highest BCUT2D eigenvalue weighted by atomic mass is 127. The smallest absolute Gasteiger partial charge is 0.194 e. The molecule has 1 spiro atoms. The number of hydrogen-bond donors (Lipinski definition) is 1. The van der Waals surface area contributed by atoms with E-state index in [-0.39, 0.29) is 24.0 Å². The molecule has 0 aromatic rings. The number of hydrogen-bond acceptors (Lipinski definition) is 3. The van der Waals surface area contributed by atoms with Crippen LogP contribution in [-0.2, 0) is 9.47 Å². The molecule has 2 saturated heterocycles. The lowest BCUT2D eigenvalue weighted by atomic mass is 9.87. The Labute approximate surface area is 170 Å². The van der Waals surface area contributed by atoms with E-state index in [1.54, 1.807) is 0 Å². The molecule has 0 aromatic heterocycles. The normalized spacial score (nSPS) is 32.9. The Kier molecular flexibility index (Phi) is 8.75. The maximum Gasteiger partial charge on any atom is 0.194 e. The molecule has 25 heavy (non-hydrogen) atoms. The first kappa shape index (κ1) is 21.2. The number of guanidine groups is 1. The number of ether oxygens (including phenoxy) is 2. The van der Waals surface area contributed by atoms with Crippen molar-refractivity contribution in [3.63, 3.8) is 0 Å². The van der Waals surface area contributed by atoms with Crippen LogP contribution < -0.4 is 5.32 Å². The van der Waals surface area contributed by atoms with Crippen molar-refractivity contribution in [2.24, 2.45) is 16.3 Å². The second-order valence-electron chi connectivity index (χ2n) is 7.88. The van der Waals surface area contributed by atoms with Crippen molar-refractivity contribution in [1.29, 1.82) is 0 Å². The van der Waals surface area contributed by atoms with Crippen LogP contribution in [0.2, 0.25) is 0 Å². The Bertz CT molecular complexity index is 427. The summed E-state index contributed by atoms with van der Waals surface area (Å²) >= 11 is 0. The molecule has 0 amide bonds. The van der Waals surface area contributed by atoms with Gasteiger partial charge in [-0.05, 0) is 38.5 Å². The molecule has 6 heteroatoms. The maximum absolute atomic E-state index is 6.11. The first-order valence-electron chi connectivity index (χ1n) is 9.95. The Morgan fingerprint density at radius 1 is 1.32 bits per heavy atom. The Morgan fingerprint density at radius 3 is 2.88 bits per heavy atom. The molecule has 0 radical (unpaired) electrons. The standard InChI is InChI=1S/C19H35N3O2.HI/c1-3-20-18(22-11-8-19(14-22)9-12-23-15-19)21-10-13-24-17-7-5-4-6-16(17)2;/h16-17H,3-15H2,1-2H3,(H,20,21);1H. The quantitative estimate of drug-likeness (QED) is 0.293. The van der Waals surface area contributed by atoms with Gasteiger partial charge < -0.3 is 19.7 Å². The molecule has 3 atom stereocenters. The van der Waals surface area contributed by atoms with E-state index in [4.69, 9.17) is 14.5 Å². The lowest BCUT2D eigenvalue weighted by Crippen LogP contribution is -2.41. The van der Waals surface area contributed by atoms with Crippen molar-refractivity contribution in [3.8, 4) is 0 Å². The molecule has 146 valence electrons. The molecule has 3 aliphatic rings. The number of nitrogens with one attached hydrogen (secondary N) is 1. The Morgan fingerprint density at radius 2 is 2.16 bits per heavy atom. The van der Waals surface area contributed by atoms with Crippen LogP contribution in [0.3, 0.4) is 0 Å². The summed E-state index contributed by atoms with van der Waals surface area (Å²) in [7, 11) is 0. The highest BCUT2D eigenvalue weighted by Gasteiger charge is 2.42. The number of likely N-dealkylation sites (tertiary alicyclic amines) is 1. The summed E-state index contributed by atoms with van der Waals surface area (Å²) in [5.41, 5.74) is 0.379. The van der Waals surface area contributed by atoms with Gasteiger partial charge in [0, 0.05) is 31.7 Å². The topological polar surface area (TPSA) is 46.1 Å². The molecule has 1 saturated carbocycles. The van der Waals surface area contributed by atoms with E-state index in [2.05, 4.69) is 24.1 Å². The van der Waals surface area contributed by atoms with Crippen LogP contribution in [0.4, 0.5) is 0 Å². The van der Waals surface area contributed by atoms with Crippen LogP contribution in [0.15, 0.2) is 4.99 Å². The highest BCUT2D eigenvalue weighted by Crippen LogP contribution is 2.38. The molecule has 1 N–H and O–H groups in total. The summed E-state index contributed by atoms with van der Waals surface area (Å²) in [4.78, 5) is 7.24. The number of halogens is 1. The molecule has 0 aromatic carbocycles. The van der Waals surface area contributed by atoms with E-state index in [0.29, 0.717) is 17.4 Å². The first-order chi connectivity index (χ1) is 11.7. The van der Waals surface area contributed by atoms with Crippen LogP contribution in [0, 0.1) is 11.3 Å². The predicted octanol–water partition coefficient (Wildman–Crippen LogP) is 3.28. The van der Waals surface area contributed by atoms with Gasteiger partial charge in [-0.15, -0.1) is 24.0 Å². The van der Waals surface area contributed by atoms with Crippen LogP contribution in [0.5, 0.6) is 0 Å².